The predicted octanol–water partition coefficient (Wildman–Crippen LogP) is 1.54. The first-order valence-corrected chi connectivity index (χ1v) is 6.55. The Kier molecular flexibility index (Phi) is 6.39. The van der Waals surface area contributed by atoms with Crippen LogP contribution in [0.2, 0.25) is 5.02 Å². The summed E-state index contributed by atoms with van der Waals surface area (Å²) in [5, 5.41) is 3.26. The minimum atomic E-state index is -0.0919. The Labute approximate surface area is 129 Å². The SMILES string of the molecule is C[C@@H](CN)NC(=O)Cc1cc(Cl)c2c(c1)OCCO2.Cl. The molecule has 0 saturated carbocycles. The number of hydrogen-bond acceptors (Lipinski definition) is 4. The zero-order valence-corrected chi connectivity index (χ0v) is 12.7. The van der Waals surface area contributed by atoms with E-state index in [9.17, 15) is 4.79 Å². The third-order valence-corrected chi connectivity index (χ3v) is 3.06. The van der Waals surface area contributed by atoms with E-state index in [2.05, 4.69) is 5.32 Å². The molecule has 0 unspecified atom stereocenters. The third kappa shape index (κ3) is 4.16. The minimum Gasteiger partial charge on any atom is -0.486 e. The Hall–Kier alpha value is -1.17. The molecular weight excluding hydrogens is 303 g/mol. The lowest BCUT2D eigenvalue weighted by Gasteiger charge is -2.20. The van der Waals surface area contributed by atoms with Gasteiger partial charge in [-0.05, 0) is 24.6 Å². The van der Waals surface area contributed by atoms with E-state index in [4.69, 9.17) is 26.8 Å². The van der Waals surface area contributed by atoms with E-state index >= 15 is 0 Å². The molecule has 5 nitrogen and oxygen atoms in total. The molecular formula is C13H18Cl2N2O3. The summed E-state index contributed by atoms with van der Waals surface area (Å²) in [6, 6.07) is 3.47. The van der Waals surface area contributed by atoms with E-state index in [1.165, 1.54) is 0 Å². The van der Waals surface area contributed by atoms with Crippen LogP contribution in [0.1, 0.15) is 12.5 Å². The molecule has 1 aliphatic heterocycles. The standard InChI is InChI=1S/C13H17ClN2O3.ClH/c1-8(7-15)16-12(17)6-9-4-10(14)13-11(5-9)18-2-3-19-13;/h4-5,8H,2-3,6-7,15H2,1H3,(H,16,17);1H/t8-;/m0./s1. The summed E-state index contributed by atoms with van der Waals surface area (Å²) in [5.74, 6) is 1.05. The Bertz CT molecular complexity index is 483. The van der Waals surface area contributed by atoms with Crippen molar-refractivity contribution in [3.63, 3.8) is 0 Å². The van der Waals surface area contributed by atoms with Crippen LogP contribution in [0.4, 0.5) is 0 Å². The number of ether oxygens (including phenoxy) is 2. The van der Waals surface area contributed by atoms with Crippen molar-refractivity contribution in [1.29, 1.82) is 0 Å². The minimum absolute atomic E-state index is 0. The van der Waals surface area contributed by atoms with Crippen molar-refractivity contribution in [2.45, 2.75) is 19.4 Å². The van der Waals surface area contributed by atoms with Gasteiger partial charge in [0.25, 0.3) is 0 Å². The van der Waals surface area contributed by atoms with Crippen molar-refractivity contribution in [3.05, 3.63) is 22.7 Å². The molecule has 0 spiro atoms. The van der Waals surface area contributed by atoms with E-state index in [1.807, 2.05) is 6.92 Å². The van der Waals surface area contributed by atoms with Crippen molar-refractivity contribution in [2.24, 2.45) is 5.73 Å². The lowest BCUT2D eigenvalue weighted by Crippen LogP contribution is -2.38. The molecule has 1 atom stereocenters. The van der Waals surface area contributed by atoms with Gasteiger partial charge in [-0.25, -0.2) is 0 Å². The number of amides is 1. The first kappa shape index (κ1) is 16.9. The number of rotatable bonds is 4. The van der Waals surface area contributed by atoms with Crippen LogP contribution in [0.15, 0.2) is 12.1 Å². The number of halogens is 2. The molecule has 1 aromatic carbocycles. The Morgan fingerprint density at radius 3 is 2.85 bits per heavy atom. The zero-order valence-electron chi connectivity index (χ0n) is 11.1. The number of benzene rings is 1. The van der Waals surface area contributed by atoms with Gasteiger partial charge in [-0.3, -0.25) is 4.79 Å². The molecule has 2 rings (SSSR count). The van der Waals surface area contributed by atoms with Gasteiger partial charge in [0.1, 0.15) is 13.2 Å². The van der Waals surface area contributed by atoms with E-state index in [1.54, 1.807) is 12.1 Å². The number of nitrogens with one attached hydrogen (secondary N) is 1. The molecule has 0 aliphatic carbocycles. The van der Waals surface area contributed by atoms with Crippen LogP contribution in [0.5, 0.6) is 11.5 Å². The van der Waals surface area contributed by atoms with Crippen LogP contribution in [0, 0.1) is 0 Å². The number of hydrogen-bond donors (Lipinski definition) is 2. The second-order valence-corrected chi connectivity index (χ2v) is 4.89. The van der Waals surface area contributed by atoms with Crippen LogP contribution in [0.25, 0.3) is 0 Å². The molecule has 0 fully saturated rings. The maximum atomic E-state index is 11.8. The van der Waals surface area contributed by atoms with Crippen LogP contribution in [0.3, 0.4) is 0 Å². The van der Waals surface area contributed by atoms with Crippen LogP contribution in [-0.4, -0.2) is 31.7 Å². The topological polar surface area (TPSA) is 73.6 Å². The lowest BCUT2D eigenvalue weighted by atomic mass is 10.1. The summed E-state index contributed by atoms with van der Waals surface area (Å²) in [5.41, 5.74) is 6.24. The summed E-state index contributed by atoms with van der Waals surface area (Å²) in [6.07, 6.45) is 0.237. The molecule has 0 aromatic heterocycles. The molecule has 20 heavy (non-hydrogen) atoms. The molecule has 1 aromatic rings. The van der Waals surface area contributed by atoms with Gasteiger partial charge < -0.3 is 20.5 Å². The average Bonchev–Trinajstić information content (AvgIpc) is 2.38. The highest BCUT2D eigenvalue weighted by molar-refractivity contribution is 6.32. The molecule has 1 amide bonds. The number of nitrogens with two attached hydrogens (primary N) is 1. The molecule has 0 bridgehead atoms. The molecule has 7 heteroatoms. The van der Waals surface area contributed by atoms with Crippen molar-refractivity contribution in [1.82, 2.24) is 5.32 Å². The number of carbonyl (C=O) groups excluding carboxylic acids is 1. The molecule has 0 saturated heterocycles. The van der Waals surface area contributed by atoms with Gasteiger partial charge in [0.05, 0.1) is 11.4 Å². The highest BCUT2D eigenvalue weighted by Gasteiger charge is 2.17. The highest BCUT2D eigenvalue weighted by atomic mass is 35.5. The fourth-order valence-corrected chi connectivity index (χ4v) is 2.12. The van der Waals surface area contributed by atoms with E-state index in [0.717, 1.165) is 5.56 Å². The quantitative estimate of drug-likeness (QED) is 0.882. The lowest BCUT2D eigenvalue weighted by molar-refractivity contribution is -0.120. The van der Waals surface area contributed by atoms with Gasteiger partial charge in [0.2, 0.25) is 5.91 Å². The largest absolute Gasteiger partial charge is 0.486 e. The molecule has 1 aliphatic rings. The van der Waals surface area contributed by atoms with Crippen molar-refractivity contribution in [3.8, 4) is 11.5 Å². The molecule has 3 N–H and O–H groups in total. The molecule has 112 valence electrons. The van der Waals surface area contributed by atoms with E-state index < -0.39 is 0 Å². The monoisotopic (exact) mass is 320 g/mol. The van der Waals surface area contributed by atoms with Crippen molar-refractivity contribution < 1.29 is 14.3 Å². The number of carbonyl (C=O) groups is 1. The van der Waals surface area contributed by atoms with Crippen LogP contribution >= 0.6 is 24.0 Å². The van der Waals surface area contributed by atoms with Gasteiger partial charge in [0, 0.05) is 12.6 Å². The summed E-state index contributed by atoms with van der Waals surface area (Å²) in [6.45, 7) is 3.24. The third-order valence-electron chi connectivity index (χ3n) is 2.78. The van der Waals surface area contributed by atoms with E-state index in [-0.39, 0.29) is 30.8 Å². The number of fused-ring (bicyclic) bond motifs is 1. The summed E-state index contributed by atoms with van der Waals surface area (Å²) < 4.78 is 10.9. The average molecular weight is 321 g/mol. The Balaban J connectivity index is 0.00000200. The predicted molar refractivity (Wildman–Crippen MR) is 80.1 cm³/mol. The second-order valence-electron chi connectivity index (χ2n) is 4.48. The zero-order chi connectivity index (χ0) is 13.8. The maximum absolute atomic E-state index is 11.8. The Morgan fingerprint density at radius 1 is 1.45 bits per heavy atom. The summed E-state index contributed by atoms with van der Waals surface area (Å²) >= 11 is 6.11. The normalized spacial score (nSPS) is 14.2. The highest BCUT2D eigenvalue weighted by Crippen LogP contribution is 2.38. The summed E-state index contributed by atoms with van der Waals surface area (Å²) in [7, 11) is 0. The van der Waals surface area contributed by atoms with Gasteiger partial charge in [-0.2, -0.15) is 0 Å². The Morgan fingerprint density at radius 2 is 2.15 bits per heavy atom. The van der Waals surface area contributed by atoms with Crippen molar-refractivity contribution in [2.75, 3.05) is 19.8 Å². The molecule has 0 radical (unpaired) electrons. The molecule has 1 heterocycles. The van der Waals surface area contributed by atoms with Crippen molar-refractivity contribution >= 4 is 29.9 Å². The second kappa shape index (κ2) is 7.57. The first-order valence-electron chi connectivity index (χ1n) is 6.17. The summed E-state index contributed by atoms with van der Waals surface area (Å²) in [4.78, 5) is 11.8. The van der Waals surface area contributed by atoms with Gasteiger partial charge >= 0.3 is 0 Å². The first-order chi connectivity index (χ1) is 9.10. The van der Waals surface area contributed by atoms with Gasteiger partial charge in [-0.15, -0.1) is 12.4 Å². The van der Waals surface area contributed by atoms with Gasteiger partial charge in [-0.1, -0.05) is 11.6 Å². The fraction of sp³-hybridized carbons (Fsp3) is 0.462. The van der Waals surface area contributed by atoms with E-state index in [0.29, 0.717) is 36.3 Å². The van der Waals surface area contributed by atoms with Gasteiger partial charge in [0.15, 0.2) is 11.5 Å². The smallest absolute Gasteiger partial charge is 0.224 e. The fourth-order valence-electron chi connectivity index (χ4n) is 1.84. The van der Waals surface area contributed by atoms with Crippen LogP contribution < -0.4 is 20.5 Å². The van der Waals surface area contributed by atoms with Crippen LogP contribution in [-0.2, 0) is 11.2 Å². The maximum Gasteiger partial charge on any atom is 0.224 e.